The second-order valence-corrected chi connectivity index (χ2v) is 7.67. The third-order valence-electron chi connectivity index (χ3n) is 3.96. The van der Waals surface area contributed by atoms with Gasteiger partial charge in [-0.25, -0.2) is 0 Å². The van der Waals surface area contributed by atoms with E-state index in [2.05, 4.69) is 13.8 Å². The lowest BCUT2D eigenvalue weighted by Crippen LogP contribution is -1.83. The van der Waals surface area contributed by atoms with E-state index in [0.29, 0.717) is 7.29 Å². The summed E-state index contributed by atoms with van der Waals surface area (Å²) in [5.74, 6) is 0. The van der Waals surface area contributed by atoms with Crippen molar-refractivity contribution in [2.75, 3.05) is 0 Å². The first kappa shape index (κ1) is 24.3. The standard InChI is InChI=1S/C18H38.Cl2P/c1-3-5-7-9-11-13-15-17-18-16-14-12-10-8-6-4-2;1-3-2/h3-18H2,1-2H3;. The van der Waals surface area contributed by atoms with Crippen LogP contribution in [-0.4, -0.2) is 0 Å². The monoisotopic (exact) mass is 355 g/mol. The van der Waals surface area contributed by atoms with Crippen molar-refractivity contribution in [1.82, 2.24) is 0 Å². The van der Waals surface area contributed by atoms with Crippen LogP contribution in [0.3, 0.4) is 0 Å². The molecule has 0 atom stereocenters. The lowest BCUT2D eigenvalue weighted by Gasteiger charge is -2.03. The van der Waals surface area contributed by atoms with Gasteiger partial charge >= 0.3 is 0 Å². The zero-order valence-electron chi connectivity index (χ0n) is 14.5. The summed E-state index contributed by atoms with van der Waals surface area (Å²) in [7, 11) is 0.361. The molecule has 0 unspecified atom stereocenters. The largest absolute Gasteiger partial charge is 0.141 e. The molecule has 0 fully saturated rings. The van der Waals surface area contributed by atoms with Crippen molar-refractivity contribution in [3.63, 3.8) is 0 Å². The third kappa shape index (κ3) is 29.6. The van der Waals surface area contributed by atoms with Crippen molar-refractivity contribution in [1.29, 1.82) is 0 Å². The number of hydrogen-bond donors (Lipinski definition) is 0. The minimum atomic E-state index is 0.361. The second-order valence-electron chi connectivity index (χ2n) is 6.01. The number of unbranched alkanes of at least 4 members (excludes halogenated alkanes) is 15. The van der Waals surface area contributed by atoms with Crippen molar-refractivity contribution >= 4 is 29.8 Å². The number of halogens is 2. The molecule has 0 bridgehead atoms. The van der Waals surface area contributed by atoms with Gasteiger partial charge in [0.1, 0.15) is 7.29 Å². The van der Waals surface area contributed by atoms with Gasteiger partial charge in [-0.05, 0) is 0 Å². The van der Waals surface area contributed by atoms with Crippen LogP contribution in [0.2, 0.25) is 0 Å². The smallest absolute Gasteiger partial charge is 0.0704 e. The molecule has 0 rings (SSSR count). The fraction of sp³-hybridized carbons (Fsp3) is 1.00. The molecule has 0 aromatic rings. The van der Waals surface area contributed by atoms with E-state index < -0.39 is 0 Å². The lowest BCUT2D eigenvalue weighted by atomic mass is 10.0. The van der Waals surface area contributed by atoms with Gasteiger partial charge in [-0.3, -0.25) is 0 Å². The highest BCUT2D eigenvalue weighted by Crippen LogP contribution is 2.19. The molecule has 0 N–H and O–H groups in total. The Kier molecular flexibility index (Phi) is 30.0. The molecule has 0 saturated heterocycles. The normalized spacial score (nSPS) is 10.3. The van der Waals surface area contributed by atoms with Crippen LogP contribution in [0.5, 0.6) is 0 Å². The first-order valence-corrected chi connectivity index (χ1v) is 12.0. The summed E-state index contributed by atoms with van der Waals surface area (Å²) < 4.78 is 0. The van der Waals surface area contributed by atoms with E-state index in [1.165, 1.54) is 103 Å². The van der Waals surface area contributed by atoms with E-state index in [1.807, 2.05) is 0 Å². The van der Waals surface area contributed by atoms with Gasteiger partial charge in [0.15, 0.2) is 0 Å². The minimum Gasteiger partial charge on any atom is -0.0704 e. The highest BCUT2D eigenvalue weighted by atomic mass is 35.9. The summed E-state index contributed by atoms with van der Waals surface area (Å²) in [6.07, 6.45) is 23.4. The molecule has 3 heteroatoms. The van der Waals surface area contributed by atoms with E-state index in [0.717, 1.165) is 0 Å². The molecule has 0 aliphatic carbocycles. The lowest BCUT2D eigenvalue weighted by molar-refractivity contribution is 0.531. The molecule has 0 aliphatic rings. The Morgan fingerprint density at radius 1 is 0.429 bits per heavy atom. The molecule has 0 aliphatic heterocycles. The summed E-state index contributed by atoms with van der Waals surface area (Å²) in [6, 6.07) is 0. The Morgan fingerprint density at radius 2 is 0.571 bits per heavy atom. The van der Waals surface area contributed by atoms with Crippen LogP contribution in [0.1, 0.15) is 117 Å². The second kappa shape index (κ2) is 25.9. The predicted octanol–water partition coefficient (Wildman–Crippen LogP) is 9.51. The molecule has 1 radical (unpaired) electrons. The van der Waals surface area contributed by atoms with Gasteiger partial charge in [0.25, 0.3) is 0 Å². The van der Waals surface area contributed by atoms with Gasteiger partial charge in [-0.15, -0.1) is 0 Å². The maximum absolute atomic E-state index is 4.74. The van der Waals surface area contributed by atoms with Gasteiger partial charge < -0.3 is 0 Å². The molecular weight excluding hydrogens is 318 g/mol. The molecule has 0 amide bonds. The van der Waals surface area contributed by atoms with Gasteiger partial charge in [0.05, 0.1) is 0 Å². The molecule has 0 aromatic heterocycles. The highest BCUT2D eigenvalue weighted by Gasteiger charge is 1.93. The average molecular weight is 356 g/mol. The maximum atomic E-state index is 4.74. The first-order chi connectivity index (χ1) is 10.3. The third-order valence-corrected chi connectivity index (χ3v) is 3.96. The highest BCUT2D eigenvalue weighted by molar-refractivity contribution is 7.90. The Hall–Kier alpha value is 1.01. The summed E-state index contributed by atoms with van der Waals surface area (Å²) >= 11 is 9.47. The van der Waals surface area contributed by atoms with Crippen LogP contribution < -0.4 is 0 Å². The molecule has 0 aromatic carbocycles. The van der Waals surface area contributed by atoms with Gasteiger partial charge in [0, 0.05) is 0 Å². The van der Waals surface area contributed by atoms with E-state index >= 15 is 0 Å². The Balaban J connectivity index is 0. The van der Waals surface area contributed by atoms with Crippen LogP contribution in [0, 0.1) is 0 Å². The van der Waals surface area contributed by atoms with Crippen LogP contribution in [-0.2, 0) is 0 Å². The van der Waals surface area contributed by atoms with E-state index in [-0.39, 0.29) is 0 Å². The minimum absolute atomic E-state index is 0.361. The summed E-state index contributed by atoms with van der Waals surface area (Å²) in [5, 5.41) is 0. The van der Waals surface area contributed by atoms with Crippen molar-refractivity contribution in [3.05, 3.63) is 0 Å². The molecule has 0 spiro atoms. The molecule has 129 valence electrons. The zero-order chi connectivity index (χ0) is 16.0. The molecule has 0 nitrogen and oxygen atoms in total. The van der Waals surface area contributed by atoms with Crippen molar-refractivity contribution < 1.29 is 0 Å². The van der Waals surface area contributed by atoms with E-state index in [9.17, 15) is 0 Å². The number of rotatable bonds is 15. The molecular formula is C18H38Cl2P. The fourth-order valence-corrected chi connectivity index (χ4v) is 2.62. The quantitative estimate of drug-likeness (QED) is 0.202. The number of hydrogen-bond acceptors (Lipinski definition) is 0. The zero-order valence-corrected chi connectivity index (χ0v) is 16.9. The topological polar surface area (TPSA) is 0 Å². The van der Waals surface area contributed by atoms with Crippen molar-refractivity contribution in [2.24, 2.45) is 0 Å². The van der Waals surface area contributed by atoms with E-state index in [1.54, 1.807) is 0 Å². The maximum Gasteiger partial charge on any atom is 0.141 e. The first-order valence-electron chi connectivity index (χ1n) is 9.25. The van der Waals surface area contributed by atoms with Gasteiger partial charge in [0.2, 0.25) is 0 Å². The summed E-state index contributed by atoms with van der Waals surface area (Å²) in [5.41, 5.74) is 0. The van der Waals surface area contributed by atoms with Crippen molar-refractivity contribution in [2.45, 2.75) is 117 Å². The van der Waals surface area contributed by atoms with Crippen molar-refractivity contribution in [3.8, 4) is 0 Å². The van der Waals surface area contributed by atoms with Crippen LogP contribution >= 0.6 is 29.8 Å². The Bertz CT molecular complexity index is 138. The molecule has 21 heavy (non-hydrogen) atoms. The predicted molar refractivity (Wildman–Crippen MR) is 104 cm³/mol. The Morgan fingerprint density at radius 3 is 0.714 bits per heavy atom. The van der Waals surface area contributed by atoms with Crippen LogP contribution in [0.4, 0.5) is 0 Å². The van der Waals surface area contributed by atoms with E-state index in [4.69, 9.17) is 22.5 Å². The summed E-state index contributed by atoms with van der Waals surface area (Å²) in [4.78, 5) is 0. The van der Waals surface area contributed by atoms with Gasteiger partial charge in [-0.2, -0.15) is 0 Å². The van der Waals surface area contributed by atoms with Crippen LogP contribution in [0.25, 0.3) is 0 Å². The molecule has 0 saturated carbocycles. The van der Waals surface area contributed by atoms with Crippen LogP contribution in [0.15, 0.2) is 0 Å². The SMILES string of the molecule is CCCCCCCCCCCCCCCCCC.Cl[P]Cl. The fourth-order valence-electron chi connectivity index (χ4n) is 2.62. The van der Waals surface area contributed by atoms with Gasteiger partial charge in [-0.1, -0.05) is 139 Å². The summed E-state index contributed by atoms with van der Waals surface area (Å²) in [6.45, 7) is 4.59. The average Bonchev–Trinajstić information content (AvgIpc) is 2.48. The molecule has 0 heterocycles. The Labute approximate surface area is 146 Å².